The minimum Gasteiger partial charge on any atom is -0.466 e. The van der Waals surface area contributed by atoms with Crippen molar-refractivity contribution in [1.29, 1.82) is 0 Å². The van der Waals surface area contributed by atoms with Crippen LogP contribution < -0.4 is 5.32 Å². The lowest BCUT2D eigenvalue weighted by Crippen LogP contribution is -2.45. The second-order valence-electron chi connectivity index (χ2n) is 25.6. The van der Waals surface area contributed by atoms with Gasteiger partial charge in [-0.25, -0.2) is 0 Å². The number of nitrogens with one attached hydrogen (secondary N) is 1. The Bertz CT molecular complexity index is 1390. The Morgan fingerprint density at radius 3 is 0.940 bits per heavy atom. The van der Waals surface area contributed by atoms with Gasteiger partial charge in [0.1, 0.15) is 0 Å². The van der Waals surface area contributed by atoms with Crippen molar-refractivity contribution in [1.82, 2.24) is 5.32 Å². The molecule has 0 aliphatic carbocycles. The predicted octanol–water partition coefficient (Wildman–Crippen LogP) is 24.4. The molecule has 2 atom stereocenters. The van der Waals surface area contributed by atoms with E-state index >= 15 is 0 Å². The van der Waals surface area contributed by atoms with Crippen LogP contribution in [0.15, 0.2) is 48.6 Å². The summed E-state index contributed by atoms with van der Waals surface area (Å²) in [4.78, 5) is 24.6. The van der Waals surface area contributed by atoms with Crippen molar-refractivity contribution in [3.63, 3.8) is 0 Å². The first-order chi connectivity index (χ1) is 41.0. The minimum absolute atomic E-state index is 0.00850. The van der Waals surface area contributed by atoms with Gasteiger partial charge in [-0.3, -0.25) is 9.59 Å². The molecule has 0 fully saturated rings. The van der Waals surface area contributed by atoms with Crippen molar-refractivity contribution in [3.8, 4) is 0 Å². The molecule has 0 saturated carbocycles. The summed E-state index contributed by atoms with van der Waals surface area (Å²) in [5, 5.41) is 23.3. The third-order valence-electron chi connectivity index (χ3n) is 17.3. The molecule has 0 aromatic heterocycles. The molecule has 488 valence electrons. The van der Waals surface area contributed by atoms with Gasteiger partial charge in [-0.1, -0.05) is 351 Å². The molecule has 2 unspecified atom stereocenters. The normalized spacial score (nSPS) is 12.8. The van der Waals surface area contributed by atoms with E-state index in [0.717, 1.165) is 51.4 Å². The first-order valence-corrected chi connectivity index (χ1v) is 37.4. The van der Waals surface area contributed by atoms with Crippen molar-refractivity contribution in [2.75, 3.05) is 13.2 Å². The van der Waals surface area contributed by atoms with Crippen molar-refractivity contribution in [3.05, 3.63) is 48.6 Å². The third kappa shape index (κ3) is 68.8. The van der Waals surface area contributed by atoms with Gasteiger partial charge in [-0.05, 0) is 89.9 Å². The number of rotatable bonds is 70. The lowest BCUT2D eigenvalue weighted by Gasteiger charge is -2.20. The summed E-state index contributed by atoms with van der Waals surface area (Å²) in [5.74, 6) is -0.0561. The molecule has 0 aliphatic rings. The summed E-state index contributed by atoms with van der Waals surface area (Å²) >= 11 is 0. The largest absolute Gasteiger partial charge is 0.466 e. The average Bonchev–Trinajstić information content (AvgIpc) is 3.49. The zero-order valence-corrected chi connectivity index (χ0v) is 55.9. The Kier molecular flexibility index (Phi) is 70.4. The van der Waals surface area contributed by atoms with Crippen LogP contribution in [0.2, 0.25) is 0 Å². The summed E-state index contributed by atoms with van der Waals surface area (Å²) in [7, 11) is 0. The van der Waals surface area contributed by atoms with Gasteiger partial charge in [0.15, 0.2) is 0 Å². The highest BCUT2D eigenvalue weighted by Crippen LogP contribution is 2.19. The number of esters is 1. The highest BCUT2D eigenvalue weighted by molar-refractivity contribution is 5.76. The molecule has 0 aromatic carbocycles. The van der Waals surface area contributed by atoms with E-state index in [1.807, 2.05) is 6.08 Å². The predicted molar refractivity (Wildman–Crippen MR) is 366 cm³/mol. The number of amides is 1. The minimum atomic E-state index is -0.846. The Hall–Kier alpha value is -2.18. The SMILES string of the molecule is CCCCCC/C=C\C/C=C\CCCCCCCCCC(=O)OCCCCCCCCCCCCCC/C=C\CCCCCCCCCCCCCCC(=O)NC(CO)C(O)/C=C/CCCCCCCCCCCCCCCCCCCC. The number of carbonyl (C=O) groups excluding carboxylic acids is 2. The molecular formula is C77H145NO5. The molecule has 3 N–H and O–H groups in total. The molecule has 0 rings (SSSR count). The van der Waals surface area contributed by atoms with E-state index in [4.69, 9.17) is 4.74 Å². The van der Waals surface area contributed by atoms with Crippen LogP contribution in [0.3, 0.4) is 0 Å². The van der Waals surface area contributed by atoms with Crippen molar-refractivity contribution < 1.29 is 24.5 Å². The van der Waals surface area contributed by atoms with E-state index in [1.165, 1.54) is 327 Å². The maximum atomic E-state index is 12.5. The van der Waals surface area contributed by atoms with Crippen LogP contribution in [-0.4, -0.2) is 47.4 Å². The molecule has 1 amide bonds. The highest BCUT2D eigenvalue weighted by Gasteiger charge is 2.18. The summed E-state index contributed by atoms with van der Waals surface area (Å²) in [6.07, 6.45) is 94.9. The van der Waals surface area contributed by atoms with Crippen LogP contribution in [0, 0.1) is 0 Å². The van der Waals surface area contributed by atoms with Gasteiger partial charge in [-0.15, -0.1) is 0 Å². The Morgan fingerprint density at radius 2 is 0.602 bits per heavy atom. The summed E-state index contributed by atoms with van der Waals surface area (Å²) in [6, 6.07) is -0.629. The van der Waals surface area contributed by atoms with Crippen molar-refractivity contribution >= 4 is 11.9 Å². The number of ether oxygens (including phenoxy) is 1. The maximum Gasteiger partial charge on any atom is 0.305 e. The quantitative estimate of drug-likeness (QED) is 0.0320. The topological polar surface area (TPSA) is 95.9 Å². The van der Waals surface area contributed by atoms with Crippen LogP contribution in [0.25, 0.3) is 0 Å². The molecule has 0 radical (unpaired) electrons. The van der Waals surface area contributed by atoms with Crippen LogP contribution in [0.5, 0.6) is 0 Å². The third-order valence-corrected chi connectivity index (χ3v) is 17.3. The zero-order valence-electron chi connectivity index (χ0n) is 55.9. The van der Waals surface area contributed by atoms with E-state index < -0.39 is 12.1 Å². The smallest absolute Gasteiger partial charge is 0.305 e. The summed E-state index contributed by atoms with van der Waals surface area (Å²) < 4.78 is 5.50. The molecule has 0 aliphatic heterocycles. The summed E-state index contributed by atoms with van der Waals surface area (Å²) in [6.45, 7) is 4.92. The number of hydrogen-bond donors (Lipinski definition) is 3. The van der Waals surface area contributed by atoms with E-state index in [-0.39, 0.29) is 18.5 Å². The van der Waals surface area contributed by atoms with E-state index in [2.05, 4.69) is 55.6 Å². The molecule has 6 heteroatoms. The molecule has 0 saturated heterocycles. The van der Waals surface area contributed by atoms with E-state index in [9.17, 15) is 19.8 Å². The fourth-order valence-electron chi connectivity index (χ4n) is 11.6. The maximum absolute atomic E-state index is 12.5. The Labute approximate surface area is 518 Å². The molecule has 0 heterocycles. The number of carbonyl (C=O) groups is 2. The van der Waals surface area contributed by atoms with Crippen LogP contribution in [-0.2, 0) is 14.3 Å². The van der Waals surface area contributed by atoms with Crippen molar-refractivity contribution in [2.45, 2.75) is 418 Å². The first-order valence-electron chi connectivity index (χ1n) is 37.4. The van der Waals surface area contributed by atoms with Gasteiger partial charge >= 0.3 is 5.97 Å². The Morgan fingerprint density at radius 1 is 0.337 bits per heavy atom. The molecule has 83 heavy (non-hydrogen) atoms. The number of aliphatic hydroxyl groups is 2. The number of allylic oxidation sites excluding steroid dienone is 7. The lowest BCUT2D eigenvalue weighted by molar-refractivity contribution is -0.143. The zero-order chi connectivity index (χ0) is 59.9. The fraction of sp³-hybridized carbons (Fsp3) is 0.870. The highest BCUT2D eigenvalue weighted by atomic mass is 16.5. The second-order valence-corrected chi connectivity index (χ2v) is 25.6. The van der Waals surface area contributed by atoms with Gasteiger partial charge < -0.3 is 20.3 Å². The standard InChI is InChI=1S/C77H145NO5/c1-3-5-7-9-11-13-15-17-19-21-23-34-37-41-45-49-53-57-61-65-69-75(80)74(73-79)78-76(81)70-66-62-58-54-50-46-42-38-35-32-30-28-26-24-25-27-29-31-33-36-40-44-48-52-56-60-64-68-72-83-77(82)71-67-63-59-55-51-47-43-39-22-20-18-16-14-12-10-8-6-4-2/h14,16,20,22,24-25,65,69,74-75,79-80H,3-13,15,17-19,21,23,26-64,66-68,70-73H2,1-2H3,(H,78,81)/b16-14-,22-20-,25-24-,69-65+. The fourth-order valence-corrected chi connectivity index (χ4v) is 11.6. The lowest BCUT2D eigenvalue weighted by atomic mass is 10.0. The van der Waals surface area contributed by atoms with Gasteiger partial charge in [0.05, 0.1) is 25.4 Å². The van der Waals surface area contributed by atoms with Crippen LogP contribution in [0.4, 0.5) is 0 Å². The summed E-state index contributed by atoms with van der Waals surface area (Å²) in [5.41, 5.74) is 0. The average molecular weight is 1170 g/mol. The Balaban J connectivity index is 3.40. The molecule has 0 bridgehead atoms. The number of unbranched alkanes of at least 4 members (excludes halogenated alkanes) is 53. The monoisotopic (exact) mass is 1160 g/mol. The molecule has 6 nitrogen and oxygen atoms in total. The van der Waals surface area contributed by atoms with Crippen LogP contribution in [0.1, 0.15) is 406 Å². The van der Waals surface area contributed by atoms with E-state index in [1.54, 1.807) is 6.08 Å². The van der Waals surface area contributed by atoms with Gasteiger partial charge in [0.2, 0.25) is 5.91 Å². The first kappa shape index (κ1) is 80.8. The number of aliphatic hydroxyl groups excluding tert-OH is 2. The van der Waals surface area contributed by atoms with Gasteiger partial charge in [0, 0.05) is 12.8 Å². The molecule has 0 spiro atoms. The van der Waals surface area contributed by atoms with Crippen LogP contribution >= 0.6 is 0 Å². The second kappa shape index (κ2) is 72.3. The van der Waals surface area contributed by atoms with Crippen molar-refractivity contribution in [2.24, 2.45) is 0 Å². The van der Waals surface area contributed by atoms with Gasteiger partial charge in [0.25, 0.3) is 0 Å². The number of hydrogen-bond acceptors (Lipinski definition) is 5. The molecule has 0 aromatic rings. The molecular weight excluding hydrogens is 1020 g/mol. The van der Waals surface area contributed by atoms with Gasteiger partial charge in [-0.2, -0.15) is 0 Å². The van der Waals surface area contributed by atoms with E-state index in [0.29, 0.717) is 19.4 Å².